The van der Waals surface area contributed by atoms with Crippen LogP contribution in [0.5, 0.6) is 0 Å². The Kier molecular flexibility index (Phi) is 3.38. The van der Waals surface area contributed by atoms with Crippen LogP contribution >= 0.6 is 0 Å². The zero-order valence-electron chi connectivity index (χ0n) is 13.1. The first-order chi connectivity index (χ1) is 9.88. The van der Waals surface area contributed by atoms with Crippen LogP contribution < -0.4 is 10.2 Å². The van der Waals surface area contributed by atoms with Gasteiger partial charge in [-0.15, -0.1) is 0 Å². The van der Waals surface area contributed by atoms with Crippen molar-refractivity contribution >= 4 is 11.7 Å². The van der Waals surface area contributed by atoms with Crippen molar-refractivity contribution in [2.45, 2.75) is 45.4 Å². The molecule has 1 amide bonds. The van der Waals surface area contributed by atoms with Gasteiger partial charge in [0.1, 0.15) is 11.6 Å². The van der Waals surface area contributed by atoms with Crippen molar-refractivity contribution in [3.05, 3.63) is 18.1 Å². The predicted octanol–water partition coefficient (Wildman–Crippen LogP) is 1.88. The highest BCUT2D eigenvalue weighted by molar-refractivity contribution is 5.79. The number of amides is 1. The highest BCUT2D eigenvalue weighted by Crippen LogP contribution is 2.37. The molecule has 2 aliphatic rings. The van der Waals surface area contributed by atoms with Gasteiger partial charge in [-0.05, 0) is 18.9 Å². The molecule has 0 aliphatic carbocycles. The lowest BCUT2D eigenvalue weighted by molar-refractivity contribution is -0.119. The molecule has 3 rings (SSSR count). The van der Waals surface area contributed by atoms with E-state index in [2.05, 4.69) is 36.0 Å². The van der Waals surface area contributed by atoms with Crippen molar-refractivity contribution in [2.75, 3.05) is 24.5 Å². The summed E-state index contributed by atoms with van der Waals surface area (Å²) < 4.78 is 0. The molecule has 2 fully saturated rings. The SMILES string of the molecule is CC(C)(C)c1nccc(N2CCCC3(CNC(=O)C3)C2)n1. The third-order valence-corrected chi connectivity index (χ3v) is 4.49. The molecule has 5 heteroatoms. The van der Waals surface area contributed by atoms with Crippen LogP contribution in [0.2, 0.25) is 0 Å². The van der Waals surface area contributed by atoms with Crippen LogP contribution in [0.3, 0.4) is 0 Å². The van der Waals surface area contributed by atoms with Crippen LogP contribution in [0.25, 0.3) is 0 Å². The summed E-state index contributed by atoms with van der Waals surface area (Å²) in [5, 5.41) is 2.99. The maximum absolute atomic E-state index is 11.6. The Balaban J connectivity index is 1.82. The molecule has 0 aromatic carbocycles. The minimum atomic E-state index is -0.0473. The van der Waals surface area contributed by atoms with Crippen molar-refractivity contribution in [3.8, 4) is 0 Å². The molecule has 2 saturated heterocycles. The highest BCUT2D eigenvalue weighted by Gasteiger charge is 2.42. The van der Waals surface area contributed by atoms with Crippen molar-refractivity contribution in [1.82, 2.24) is 15.3 Å². The monoisotopic (exact) mass is 288 g/mol. The Morgan fingerprint density at radius 1 is 1.38 bits per heavy atom. The second kappa shape index (κ2) is 4.97. The van der Waals surface area contributed by atoms with Gasteiger partial charge < -0.3 is 10.2 Å². The van der Waals surface area contributed by atoms with E-state index in [1.165, 1.54) is 0 Å². The Bertz CT molecular complexity index is 551. The van der Waals surface area contributed by atoms with Gasteiger partial charge in [0.25, 0.3) is 0 Å². The third kappa shape index (κ3) is 2.87. The summed E-state index contributed by atoms with van der Waals surface area (Å²) in [5.74, 6) is 2.06. The first-order valence-corrected chi connectivity index (χ1v) is 7.73. The highest BCUT2D eigenvalue weighted by atomic mass is 16.1. The van der Waals surface area contributed by atoms with E-state index in [-0.39, 0.29) is 16.7 Å². The summed E-state index contributed by atoms with van der Waals surface area (Å²) in [6.45, 7) is 9.11. The Hall–Kier alpha value is -1.65. The second-order valence-electron chi connectivity index (χ2n) is 7.47. The minimum Gasteiger partial charge on any atom is -0.356 e. The molecule has 1 unspecified atom stereocenters. The van der Waals surface area contributed by atoms with E-state index in [1.54, 1.807) is 0 Å². The molecule has 0 radical (unpaired) electrons. The predicted molar refractivity (Wildman–Crippen MR) is 82.2 cm³/mol. The van der Waals surface area contributed by atoms with E-state index >= 15 is 0 Å². The number of nitrogens with one attached hydrogen (secondary N) is 1. The number of hydrogen-bond acceptors (Lipinski definition) is 4. The molecule has 1 spiro atoms. The first kappa shape index (κ1) is 14.3. The molecule has 1 atom stereocenters. The van der Waals surface area contributed by atoms with Gasteiger partial charge in [-0.2, -0.15) is 0 Å². The zero-order chi connectivity index (χ0) is 15.1. The Morgan fingerprint density at radius 3 is 2.86 bits per heavy atom. The standard InChI is InChI=1S/C16H24N4O/c1-15(2,3)14-17-7-5-12(19-14)20-8-4-6-16(11-20)9-13(21)18-10-16/h5,7H,4,6,8-11H2,1-3H3,(H,18,21). The number of anilines is 1. The molecule has 5 nitrogen and oxygen atoms in total. The number of piperidine rings is 1. The Labute approximate surface area is 126 Å². The van der Waals surface area contributed by atoms with Crippen molar-refractivity contribution in [3.63, 3.8) is 0 Å². The fourth-order valence-electron chi connectivity index (χ4n) is 3.33. The molecule has 0 bridgehead atoms. The van der Waals surface area contributed by atoms with Crippen LogP contribution in [-0.2, 0) is 10.2 Å². The second-order valence-corrected chi connectivity index (χ2v) is 7.47. The summed E-state index contributed by atoms with van der Waals surface area (Å²) in [6, 6.07) is 1.98. The summed E-state index contributed by atoms with van der Waals surface area (Å²) in [7, 11) is 0. The van der Waals surface area contributed by atoms with Gasteiger partial charge in [0.2, 0.25) is 5.91 Å². The molecule has 2 aliphatic heterocycles. The fraction of sp³-hybridized carbons (Fsp3) is 0.688. The van der Waals surface area contributed by atoms with Crippen LogP contribution in [0.4, 0.5) is 5.82 Å². The largest absolute Gasteiger partial charge is 0.356 e. The number of rotatable bonds is 1. The van der Waals surface area contributed by atoms with Gasteiger partial charge in [-0.1, -0.05) is 20.8 Å². The van der Waals surface area contributed by atoms with Crippen LogP contribution in [0, 0.1) is 5.41 Å². The summed E-state index contributed by atoms with van der Waals surface area (Å²) in [5.41, 5.74) is 0.0521. The third-order valence-electron chi connectivity index (χ3n) is 4.49. The van der Waals surface area contributed by atoms with Crippen molar-refractivity contribution in [1.29, 1.82) is 0 Å². The van der Waals surface area contributed by atoms with Gasteiger partial charge in [0, 0.05) is 43.1 Å². The molecule has 114 valence electrons. The van der Waals surface area contributed by atoms with Gasteiger partial charge in [0.05, 0.1) is 0 Å². The molecule has 3 heterocycles. The average molecular weight is 288 g/mol. The van der Waals surface area contributed by atoms with Crippen LogP contribution in [-0.4, -0.2) is 35.5 Å². The number of hydrogen-bond donors (Lipinski definition) is 1. The van der Waals surface area contributed by atoms with Crippen LogP contribution in [0.1, 0.15) is 45.9 Å². The van der Waals surface area contributed by atoms with E-state index in [9.17, 15) is 4.79 Å². The van der Waals surface area contributed by atoms with Crippen molar-refractivity contribution in [2.24, 2.45) is 5.41 Å². The molecule has 21 heavy (non-hydrogen) atoms. The minimum absolute atomic E-state index is 0.0473. The maximum Gasteiger partial charge on any atom is 0.220 e. The lowest BCUT2D eigenvalue weighted by atomic mass is 9.79. The van der Waals surface area contributed by atoms with E-state index < -0.39 is 0 Å². The van der Waals surface area contributed by atoms with E-state index in [0.29, 0.717) is 6.42 Å². The first-order valence-electron chi connectivity index (χ1n) is 7.73. The Morgan fingerprint density at radius 2 is 2.19 bits per heavy atom. The number of carbonyl (C=O) groups excluding carboxylic acids is 1. The summed E-state index contributed by atoms with van der Waals surface area (Å²) in [6.07, 6.45) is 4.74. The number of aromatic nitrogens is 2. The number of carbonyl (C=O) groups is 1. The van der Waals surface area contributed by atoms with E-state index in [1.807, 2.05) is 12.3 Å². The molecule has 1 aromatic rings. The summed E-state index contributed by atoms with van der Waals surface area (Å²) >= 11 is 0. The fourth-order valence-corrected chi connectivity index (χ4v) is 3.33. The summed E-state index contributed by atoms with van der Waals surface area (Å²) in [4.78, 5) is 23.1. The lowest BCUT2D eigenvalue weighted by Crippen LogP contribution is -2.45. The maximum atomic E-state index is 11.6. The average Bonchev–Trinajstić information content (AvgIpc) is 2.79. The molecule has 1 N–H and O–H groups in total. The zero-order valence-corrected chi connectivity index (χ0v) is 13.1. The van der Waals surface area contributed by atoms with Crippen LogP contribution in [0.15, 0.2) is 12.3 Å². The van der Waals surface area contributed by atoms with Gasteiger partial charge in [0.15, 0.2) is 0 Å². The van der Waals surface area contributed by atoms with Gasteiger partial charge >= 0.3 is 0 Å². The topological polar surface area (TPSA) is 58.1 Å². The molecular weight excluding hydrogens is 264 g/mol. The smallest absolute Gasteiger partial charge is 0.220 e. The van der Waals surface area contributed by atoms with E-state index in [0.717, 1.165) is 44.1 Å². The van der Waals surface area contributed by atoms with E-state index in [4.69, 9.17) is 4.98 Å². The lowest BCUT2D eigenvalue weighted by Gasteiger charge is -2.40. The molecule has 0 saturated carbocycles. The van der Waals surface area contributed by atoms with Crippen molar-refractivity contribution < 1.29 is 4.79 Å². The number of nitrogens with zero attached hydrogens (tertiary/aromatic N) is 3. The molecular formula is C16H24N4O. The van der Waals surface area contributed by atoms with Gasteiger partial charge in [-0.3, -0.25) is 4.79 Å². The van der Waals surface area contributed by atoms with Gasteiger partial charge in [-0.25, -0.2) is 9.97 Å². The normalized spacial score (nSPS) is 26.2. The quantitative estimate of drug-likeness (QED) is 0.857. The molecule has 1 aromatic heterocycles.